The molecule has 0 aliphatic carbocycles. The Hall–Kier alpha value is -2.14. The van der Waals surface area contributed by atoms with Crippen LogP contribution in [0.1, 0.15) is 21.9 Å². The molecule has 5 heteroatoms. The van der Waals surface area contributed by atoms with E-state index in [1.54, 1.807) is 11.3 Å². The van der Waals surface area contributed by atoms with Crippen LogP contribution in [0.4, 0.5) is 0 Å². The number of guanidine groups is 1. The Bertz CT molecular complexity index is 718. The van der Waals surface area contributed by atoms with Gasteiger partial charge in [-0.25, -0.2) is 4.98 Å². The Morgan fingerprint density at radius 2 is 2.17 bits per heavy atom. The van der Waals surface area contributed by atoms with Crippen molar-refractivity contribution < 1.29 is 0 Å². The third-order valence-corrected chi connectivity index (χ3v) is 5.13. The average molecular weight is 340 g/mol. The monoisotopic (exact) mass is 340 g/mol. The fourth-order valence-corrected chi connectivity index (χ4v) is 3.69. The zero-order valence-electron chi connectivity index (χ0n) is 14.3. The van der Waals surface area contributed by atoms with Crippen molar-refractivity contribution in [3.8, 4) is 0 Å². The predicted octanol–water partition coefficient (Wildman–Crippen LogP) is 3.36. The first-order chi connectivity index (χ1) is 11.8. The first-order valence-electron chi connectivity index (χ1n) is 8.37. The van der Waals surface area contributed by atoms with Gasteiger partial charge in [-0.2, -0.15) is 0 Å². The van der Waals surface area contributed by atoms with E-state index in [9.17, 15) is 0 Å². The van der Waals surface area contributed by atoms with Crippen molar-refractivity contribution in [1.29, 1.82) is 0 Å². The highest BCUT2D eigenvalue weighted by Gasteiger charge is 2.15. The van der Waals surface area contributed by atoms with Gasteiger partial charge >= 0.3 is 0 Å². The summed E-state index contributed by atoms with van der Waals surface area (Å²) >= 11 is 1.77. The number of aromatic nitrogens is 1. The van der Waals surface area contributed by atoms with Crippen molar-refractivity contribution in [3.63, 3.8) is 0 Å². The van der Waals surface area contributed by atoms with E-state index in [4.69, 9.17) is 0 Å². The highest BCUT2D eigenvalue weighted by atomic mass is 32.1. The Labute approximate surface area is 148 Å². The van der Waals surface area contributed by atoms with Crippen LogP contribution in [0.25, 0.3) is 5.57 Å². The summed E-state index contributed by atoms with van der Waals surface area (Å²) in [5.41, 5.74) is 2.76. The molecule has 2 heterocycles. The normalized spacial score (nSPS) is 15.3. The minimum Gasteiger partial charge on any atom is -0.356 e. The fraction of sp³-hybridized carbons (Fsp3) is 0.368. The molecule has 0 fully saturated rings. The molecular weight excluding hydrogens is 316 g/mol. The molecule has 4 nitrogen and oxygen atoms in total. The summed E-state index contributed by atoms with van der Waals surface area (Å²) in [5.74, 6) is 0.978. The van der Waals surface area contributed by atoms with Gasteiger partial charge in [-0.1, -0.05) is 36.4 Å². The number of aryl methyl sites for hydroxylation is 1. The summed E-state index contributed by atoms with van der Waals surface area (Å²) in [7, 11) is 1.85. The molecule has 1 aliphatic heterocycles. The van der Waals surface area contributed by atoms with E-state index in [1.807, 2.05) is 13.2 Å². The molecule has 1 N–H and O–H groups in total. The maximum atomic E-state index is 4.43. The van der Waals surface area contributed by atoms with Crippen molar-refractivity contribution in [3.05, 3.63) is 58.1 Å². The molecule has 3 rings (SSSR count). The van der Waals surface area contributed by atoms with Crippen LogP contribution in [-0.4, -0.2) is 42.5 Å². The van der Waals surface area contributed by atoms with Crippen LogP contribution in [0, 0.1) is 6.92 Å². The van der Waals surface area contributed by atoms with Crippen LogP contribution in [0.5, 0.6) is 0 Å². The van der Waals surface area contributed by atoms with E-state index in [0.717, 1.165) is 38.4 Å². The highest BCUT2D eigenvalue weighted by molar-refractivity contribution is 7.11. The lowest BCUT2D eigenvalue weighted by Gasteiger charge is -2.29. The minimum atomic E-state index is 0.866. The van der Waals surface area contributed by atoms with E-state index < -0.39 is 0 Å². The molecule has 1 aromatic heterocycles. The third kappa shape index (κ3) is 4.23. The molecule has 0 spiro atoms. The third-order valence-electron chi connectivity index (χ3n) is 4.16. The molecule has 0 saturated carbocycles. The molecule has 24 heavy (non-hydrogen) atoms. The van der Waals surface area contributed by atoms with Gasteiger partial charge in [0.25, 0.3) is 0 Å². The summed E-state index contributed by atoms with van der Waals surface area (Å²) in [6.45, 7) is 4.86. The zero-order valence-corrected chi connectivity index (χ0v) is 15.1. The number of thiazole rings is 1. The van der Waals surface area contributed by atoms with Gasteiger partial charge in [0.05, 0.1) is 5.01 Å². The summed E-state index contributed by atoms with van der Waals surface area (Å²) < 4.78 is 0. The molecule has 0 saturated heterocycles. The van der Waals surface area contributed by atoms with Crippen LogP contribution in [0.3, 0.4) is 0 Å². The zero-order chi connectivity index (χ0) is 16.8. The Morgan fingerprint density at radius 1 is 1.33 bits per heavy atom. The molecule has 126 valence electrons. The van der Waals surface area contributed by atoms with Gasteiger partial charge in [-0.05, 0) is 24.5 Å². The SMILES string of the molecule is CN=C(NCCc1ncc(C)s1)N1CC=C(c2ccccc2)CC1. The Kier molecular flexibility index (Phi) is 5.64. The number of nitrogens with one attached hydrogen (secondary N) is 1. The highest BCUT2D eigenvalue weighted by Crippen LogP contribution is 2.21. The number of hydrogen-bond acceptors (Lipinski definition) is 3. The van der Waals surface area contributed by atoms with Gasteiger partial charge in [0.15, 0.2) is 5.96 Å². The van der Waals surface area contributed by atoms with Crippen LogP contribution >= 0.6 is 11.3 Å². The summed E-state index contributed by atoms with van der Waals surface area (Å²) in [5, 5.41) is 4.65. The van der Waals surface area contributed by atoms with E-state index in [0.29, 0.717) is 0 Å². The molecule has 0 amide bonds. The summed E-state index contributed by atoms with van der Waals surface area (Å²) in [4.78, 5) is 12.4. The van der Waals surface area contributed by atoms with Crippen molar-refractivity contribution >= 4 is 22.9 Å². The van der Waals surface area contributed by atoms with Crippen molar-refractivity contribution in [2.75, 3.05) is 26.7 Å². The lowest BCUT2D eigenvalue weighted by Crippen LogP contribution is -2.44. The van der Waals surface area contributed by atoms with Crippen LogP contribution in [0.15, 0.2) is 47.6 Å². The maximum absolute atomic E-state index is 4.43. The Morgan fingerprint density at radius 3 is 2.79 bits per heavy atom. The largest absolute Gasteiger partial charge is 0.356 e. The van der Waals surface area contributed by atoms with Gasteiger partial charge in [0.2, 0.25) is 0 Å². The van der Waals surface area contributed by atoms with E-state index in [2.05, 4.69) is 63.5 Å². The van der Waals surface area contributed by atoms with Crippen molar-refractivity contribution in [1.82, 2.24) is 15.2 Å². The second-order valence-corrected chi connectivity index (χ2v) is 7.20. The number of hydrogen-bond donors (Lipinski definition) is 1. The van der Waals surface area contributed by atoms with Crippen molar-refractivity contribution in [2.24, 2.45) is 4.99 Å². The second-order valence-electron chi connectivity index (χ2n) is 5.88. The maximum Gasteiger partial charge on any atom is 0.193 e. The molecule has 0 radical (unpaired) electrons. The van der Waals surface area contributed by atoms with Gasteiger partial charge in [0, 0.05) is 44.2 Å². The number of rotatable bonds is 4. The summed E-state index contributed by atoms with van der Waals surface area (Å²) in [6.07, 6.45) is 6.25. The number of aliphatic imine (C=N–C) groups is 1. The van der Waals surface area contributed by atoms with Crippen LogP contribution < -0.4 is 5.32 Å². The lowest BCUT2D eigenvalue weighted by molar-refractivity contribution is 0.440. The average Bonchev–Trinajstić information content (AvgIpc) is 3.05. The molecule has 0 atom stereocenters. The van der Waals surface area contributed by atoms with Crippen LogP contribution in [-0.2, 0) is 6.42 Å². The number of nitrogens with zero attached hydrogens (tertiary/aromatic N) is 3. The molecule has 1 aliphatic rings. The molecule has 2 aromatic rings. The van der Waals surface area contributed by atoms with E-state index in [-0.39, 0.29) is 0 Å². The lowest BCUT2D eigenvalue weighted by atomic mass is 10.00. The number of benzene rings is 1. The second kappa shape index (κ2) is 8.11. The Balaban J connectivity index is 1.53. The van der Waals surface area contributed by atoms with Gasteiger partial charge < -0.3 is 10.2 Å². The smallest absolute Gasteiger partial charge is 0.193 e. The quantitative estimate of drug-likeness (QED) is 0.685. The first-order valence-corrected chi connectivity index (χ1v) is 9.19. The molecule has 0 bridgehead atoms. The van der Waals surface area contributed by atoms with Crippen molar-refractivity contribution in [2.45, 2.75) is 19.8 Å². The van der Waals surface area contributed by atoms with Gasteiger partial charge in [-0.15, -0.1) is 11.3 Å². The van der Waals surface area contributed by atoms with Crippen LogP contribution in [0.2, 0.25) is 0 Å². The van der Waals surface area contributed by atoms with Gasteiger partial charge in [-0.3, -0.25) is 4.99 Å². The standard InChI is InChI=1S/C19H24N4S/c1-15-14-22-18(24-15)8-11-21-19(20-2)23-12-9-17(10-13-23)16-6-4-3-5-7-16/h3-7,9,14H,8,10-13H2,1-2H3,(H,20,21). The molecule has 0 unspecified atom stereocenters. The predicted molar refractivity (Wildman–Crippen MR) is 103 cm³/mol. The fourth-order valence-electron chi connectivity index (χ4n) is 2.91. The van der Waals surface area contributed by atoms with E-state index >= 15 is 0 Å². The molecule has 1 aromatic carbocycles. The topological polar surface area (TPSA) is 40.5 Å². The first kappa shape index (κ1) is 16.7. The molecular formula is C19H24N4S. The van der Waals surface area contributed by atoms with E-state index in [1.165, 1.54) is 21.0 Å². The minimum absolute atomic E-state index is 0.866. The van der Waals surface area contributed by atoms with Gasteiger partial charge in [0.1, 0.15) is 0 Å². The summed E-state index contributed by atoms with van der Waals surface area (Å²) in [6, 6.07) is 10.6.